The van der Waals surface area contributed by atoms with Crippen LogP contribution in [0.4, 0.5) is 0 Å². The van der Waals surface area contributed by atoms with E-state index in [2.05, 4.69) is 79.2 Å². The number of benzene rings is 3. The van der Waals surface area contributed by atoms with Crippen LogP contribution in [-0.4, -0.2) is 18.0 Å². The fourth-order valence-electron chi connectivity index (χ4n) is 5.75. The van der Waals surface area contributed by atoms with Gasteiger partial charge in [-0.2, -0.15) is 11.3 Å². The van der Waals surface area contributed by atoms with E-state index in [-0.39, 0.29) is 20.1 Å². The Bertz CT molecular complexity index is 1720. The van der Waals surface area contributed by atoms with E-state index in [0.29, 0.717) is 5.92 Å². The molecular weight excluding hydrogens is 725 g/mol. The minimum atomic E-state index is -1.33. The standard InChI is InChI=1S/C26H28NSSi.C11H8N.Ir/c1-29(2,3)20-12-13-25-23(17-20)21-10-7-11-22(26(21)28-25)24-16-19(14-15-27-24)18-8-5-4-6-9-18;1-2-6-10(7-3-1)11-8-4-5-9-12-11;/h7,10,12-18H,4-6,8-9H2,1-3H3;1-6,8-9H;/q2*-1;. The number of nitrogens with zero attached hydrogens (tertiary/aromatic N) is 2. The Kier molecular flexibility index (Phi) is 9.85. The predicted octanol–water partition coefficient (Wildman–Crippen LogP) is 10.1. The summed E-state index contributed by atoms with van der Waals surface area (Å²) >= 11 is 1.89. The third-order valence-electron chi connectivity index (χ3n) is 8.06. The van der Waals surface area contributed by atoms with Gasteiger partial charge in [0.25, 0.3) is 0 Å². The minimum absolute atomic E-state index is 0. The zero-order valence-electron chi connectivity index (χ0n) is 24.5. The van der Waals surface area contributed by atoms with Crippen LogP contribution >= 0.6 is 11.3 Å². The number of rotatable bonds is 4. The first-order chi connectivity index (χ1) is 20.0. The quantitative estimate of drug-likeness (QED) is 0.132. The molecule has 0 N–H and O–H groups in total. The largest absolute Gasteiger partial charge is 0.305 e. The van der Waals surface area contributed by atoms with Gasteiger partial charge in [-0.3, -0.25) is 0 Å². The fraction of sp³-hybridized carbons (Fsp3) is 0.243. The number of fused-ring (bicyclic) bond motifs is 3. The van der Waals surface area contributed by atoms with Crippen LogP contribution in [0.1, 0.15) is 43.6 Å². The SMILES string of the molecule is C[Si](C)(C)c1ccc2sc3c(-c4cc(C5CCCCC5)ccn4)[c-]ccc3c2c1.[Ir].[c-]1ccccc1-c1ccccn1. The van der Waals surface area contributed by atoms with E-state index in [4.69, 9.17) is 4.98 Å². The fourth-order valence-corrected chi connectivity index (χ4v) is 8.10. The maximum atomic E-state index is 4.76. The summed E-state index contributed by atoms with van der Waals surface area (Å²) in [6.07, 6.45) is 10.5. The number of hydrogen-bond donors (Lipinski definition) is 0. The van der Waals surface area contributed by atoms with Crippen molar-refractivity contribution in [2.45, 2.75) is 57.7 Å². The van der Waals surface area contributed by atoms with Gasteiger partial charge in [0.1, 0.15) is 0 Å². The van der Waals surface area contributed by atoms with Gasteiger partial charge in [0.2, 0.25) is 0 Å². The van der Waals surface area contributed by atoms with Gasteiger partial charge < -0.3 is 9.97 Å². The van der Waals surface area contributed by atoms with Crippen molar-refractivity contribution in [3.05, 3.63) is 115 Å². The molecule has 0 amide bonds. The third-order valence-corrected chi connectivity index (χ3v) is 11.3. The molecule has 0 saturated heterocycles. The molecule has 3 heterocycles. The van der Waals surface area contributed by atoms with Crippen molar-refractivity contribution in [3.8, 4) is 22.5 Å². The van der Waals surface area contributed by atoms with Crippen molar-refractivity contribution >= 4 is 44.8 Å². The number of thiophene rings is 1. The molecule has 1 fully saturated rings. The summed E-state index contributed by atoms with van der Waals surface area (Å²) in [5.41, 5.74) is 5.71. The molecule has 42 heavy (non-hydrogen) atoms. The molecule has 1 aliphatic rings. The molecule has 3 aromatic carbocycles. The summed E-state index contributed by atoms with van der Waals surface area (Å²) in [7, 11) is -1.33. The molecule has 1 radical (unpaired) electrons. The molecule has 0 unspecified atom stereocenters. The van der Waals surface area contributed by atoms with Crippen molar-refractivity contribution in [2.24, 2.45) is 0 Å². The van der Waals surface area contributed by atoms with Gasteiger partial charge in [-0.05, 0) is 58.4 Å². The molecule has 5 heteroatoms. The van der Waals surface area contributed by atoms with Crippen molar-refractivity contribution < 1.29 is 20.1 Å². The summed E-state index contributed by atoms with van der Waals surface area (Å²) in [6, 6.07) is 36.3. The Hall–Kier alpha value is -2.95. The van der Waals surface area contributed by atoms with E-state index in [9.17, 15) is 0 Å². The van der Waals surface area contributed by atoms with Crippen LogP contribution in [-0.2, 0) is 20.1 Å². The van der Waals surface area contributed by atoms with E-state index in [0.717, 1.165) is 22.5 Å². The average molecular weight is 761 g/mol. The third kappa shape index (κ3) is 6.81. The van der Waals surface area contributed by atoms with Crippen molar-refractivity contribution in [1.29, 1.82) is 0 Å². The monoisotopic (exact) mass is 761 g/mol. The van der Waals surface area contributed by atoms with Gasteiger partial charge in [0.05, 0.1) is 8.07 Å². The molecular formula is C37H36IrN2SSi-2. The normalized spacial score (nSPS) is 13.8. The second-order valence-corrected chi connectivity index (χ2v) is 18.1. The summed E-state index contributed by atoms with van der Waals surface area (Å²) in [6.45, 7) is 7.26. The zero-order valence-corrected chi connectivity index (χ0v) is 28.7. The maximum absolute atomic E-state index is 4.76. The van der Waals surface area contributed by atoms with Crippen LogP contribution in [0, 0.1) is 12.1 Å². The second kappa shape index (κ2) is 13.6. The van der Waals surface area contributed by atoms with Gasteiger partial charge in [-0.15, -0.1) is 59.7 Å². The van der Waals surface area contributed by atoms with E-state index in [1.54, 1.807) is 6.20 Å². The summed E-state index contributed by atoms with van der Waals surface area (Å²) in [5.74, 6) is 0.700. The molecule has 7 rings (SSSR count). The summed E-state index contributed by atoms with van der Waals surface area (Å²) in [4.78, 5) is 8.98. The number of pyridine rings is 2. The Morgan fingerprint density at radius 1 is 0.738 bits per heavy atom. The Morgan fingerprint density at radius 2 is 1.55 bits per heavy atom. The summed E-state index contributed by atoms with van der Waals surface area (Å²) < 4.78 is 2.69. The molecule has 0 aliphatic heterocycles. The number of aromatic nitrogens is 2. The predicted molar refractivity (Wildman–Crippen MR) is 179 cm³/mol. The summed E-state index contributed by atoms with van der Waals surface area (Å²) in [5, 5.41) is 4.27. The van der Waals surface area contributed by atoms with Gasteiger partial charge in [0, 0.05) is 37.2 Å². The molecule has 6 aromatic rings. The maximum Gasteiger partial charge on any atom is 0.0776 e. The molecule has 2 nitrogen and oxygen atoms in total. The molecule has 215 valence electrons. The van der Waals surface area contributed by atoms with Crippen molar-refractivity contribution in [1.82, 2.24) is 9.97 Å². The molecule has 0 spiro atoms. The van der Waals surface area contributed by atoms with Gasteiger partial charge in [0.15, 0.2) is 0 Å². The second-order valence-electron chi connectivity index (χ2n) is 12.0. The van der Waals surface area contributed by atoms with Crippen LogP contribution in [0.2, 0.25) is 19.6 Å². The topological polar surface area (TPSA) is 25.8 Å². The van der Waals surface area contributed by atoms with Gasteiger partial charge in [-0.25, -0.2) is 0 Å². The van der Waals surface area contributed by atoms with E-state index < -0.39 is 8.07 Å². The molecule has 0 atom stereocenters. The first-order valence-corrected chi connectivity index (χ1v) is 19.0. The van der Waals surface area contributed by atoms with Crippen LogP contribution in [0.3, 0.4) is 0 Å². The van der Waals surface area contributed by atoms with Crippen LogP contribution < -0.4 is 5.19 Å². The van der Waals surface area contributed by atoms with E-state index in [1.807, 2.05) is 60.0 Å². The van der Waals surface area contributed by atoms with Gasteiger partial charge >= 0.3 is 0 Å². The Morgan fingerprint density at radius 3 is 2.29 bits per heavy atom. The Labute approximate surface area is 268 Å². The van der Waals surface area contributed by atoms with E-state index >= 15 is 0 Å². The first-order valence-electron chi connectivity index (χ1n) is 14.7. The number of hydrogen-bond acceptors (Lipinski definition) is 3. The van der Waals surface area contributed by atoms with Crippen LogP contribution in [0.5, 0.6) is 0 Å². The van der Waals surface area contributed by atoms with Gasteiger partial charge in [-0.1, -0.05) is 85.4 Å². The van der Waals surface area contributed by atoms with E-state index in [1.165, 1.54) is 63.0 Å². The van der Waals surface area contributed by atoms with Crippen LogP contribution in [0.15, 0.2) is 97.3 Å². The van der Waals surface area contributed by atoms with Crippen molar-refractivity contribution in [3.63, 3.8) is 0 Å². The average Bonchev–Trinajstić information content (AvgIpc) is 3.41. The van der Waals surface area contributed by atoms with Crippen molar-refractivity contribution in [2.75, 3.05) is 0 Å². The molecule has 0 bridgehead atoms. The molecule has 1 saturated carbocycles. The zero-order chi connectivity index (χ0) is 28.2. The Balaban J connectivity index is 0.000000228. The van der Waals surface area contributed by atoms with Crippen LogP contribution in [0.25, 0.3) is 42.7 Å². The minimum Gasteiger partial charge on any atom is -0.305 e. The molecule has 3 aromatic heterocycles. The smallest absolute Gasteiger partial charge is 0.0776 e. The first kappa shape index (κ1) is 30.5. The molecule has 1 aliphatic carbocycles.